The van der Waals surface area contributed by atoms with Gasteiger partial charge in [0.15, 0.2) is 17.6 Å². The summed E-state index contributed by atoms with van der Waals surface area (Å²) >= 11 is 0. The van der Waals surface area contributed by atoms with E-state index >= 15 is 0 Å². The molecule has 1 rings (SSSR count). The molecule has 0 bridgehead atoms. The van der Waals surface area contributed by atoms with Crippen LogP contribution in [0.2, 0.25) is 0 Å². The summed E-state index contributed by atoms with van der Waals surface area (Å²) in [6, 6.07) is 1.78. The van der Waals surface area contributed by atoms with Gasteiger partial charge in [0.05, 0.1) is 6.10 Å². The summed E-state index contributed by atoms with van der Waals surface area (Å²) in [5.74, 6) is -6.68. The molecule has 9 heteroatoms. The van der Waals surface area contributed by atoms with Crippen LogP contribution in [0.5, 0.6) is 0 Å². The van der Waals surface area contributed by atoms with Gasteiger partial charge in [-0.05, 0) is 24.1 Å². The van der Waals surface area contributed by atoms with Gasteiger partial charge in [-0.3, -0.25) is 0 Å². The van der Waals surface area contributed by atoms with Gasteiger partial charge in [-0.25, -0.2) is 8.78 Å². The van der Waals surface area contributed by atoms with Crippen molar-refractivity contribution in [2.75, 3.05) is 0 Å². The average Bonchev–Trinajstić information content (AvgIpc) is 2.18. The SMILES string of the molecule is OC(Cc1ccc(F)c(F)c1)C(C(F)(F)F)C(F)(F)F. The van der Waals surface area contributed by atoms with E-state index in [9.17, 15) is 35.1 Å². The van der Waals surface area contributed by atoms with Crippen LogP contribution >= 0.6 is 0 Å². The molecule has 20 heavy (non-hydrogen) atoms. The van der Waals surface area contributed by atoms with Crippen molar-refractivity contribution in [1.29, 1.82) is 0 Å². The fraction of sp³-hybridized carbons (Fsp3) is 0.455. The smallest absolute Gasteiger partial charge is 0.392 e. The topological polar surface area (TPSA) is 20.2 Å². The summed E-state index contributed by atoms with van der Waals surface area (Å²) < 4.78 is 99.2. The molecule has 0 heterocycles. The van der Waals surface area contributed by atoms with Crippen molar-refractivity contribution in [1.82, 2.24) is 0 Å². The fourth-order valence-corrected chi connectivity index (χ4v) is 1.65. The van der Waals surface area contributed by atoms with Crippen LogP contribution in [0, 0.1) is 17.6 Å². The van der Waals surface area contributed by atoms with Crippen molar-refractivity contribution in [2.45, 2.75) is 24.9 Å². The maximum Gasteiger partial charge on any atom is 0.403 e. The van der Waals surface area contributed by atoms with Gasteiger partial charge in [0.2, 0.25) is 0 Å². The van der Waals surface area contributed by atoms with E-state index in [4.69, 9.17) is 5.11 Å². The van der Waals surface area contributed by atoms with Gasteiger partial charge in [-0.2, -0.15) is 26.3 Å². The van der Waals surface area contributed by atoms with E-state index in [1.807, 2.05) is 0 Å². The predicted molar refractivity (Wildman–Crippen MR) is 51.7 cm³/mol. The molecule has 0 aliphatic carbocycles. The van der Waals surface area contributed by atoms with E-state index in [1.165, 1.54) is 0 Å². The minimum atomic E-state index is -5.70. The molecule has 0 saturated carbocycles. The number of hydrogen-bond donors (Lipinski definition) is 1. The van der Waals surface area contributed by atoms with Gasteiger partial charge in [0.25, 0.3) is 0 Å². The van der Waals surface area contributed by atoms with E-state index in [0.717, 1.165) is 6.07 Å². The molecule has 0 saturated heterocycles. The molecule has 0 aromatic heterocycles. The van der Waals surface area contributed by atoms with Crippen molar-refractivity contribution >= 4 is 0 Å². The molecule has 0 spiro atoms. The molecule has 1 nitrogen and oxygen atoms in total. The number of hydrogen-bond acceptors (Lipinski definition) is 1. The number of alkyl halides is 6. The molecule has 0 radical (unpaired) electrons. The lowest BCUT2D eigenvalue weighted by atomic mass is 9.95. The van der Waals surface area contributed by atoms with Gasteiger partial charge in [-0.1, -0.05) is 6.07 Å². The van der Waals surface area contributed by atoms with Crippen molar-refractivity contribution in [2.24, 2.45) is 5.92 Å². The zero-order valence-corrected chi connectivity index (χ0v) is 9.56. The van der Waals surface area contributed by atoms with Crippen molar-refractivity contribution < 1.29 is 40.2 Å². The molecule has 1 N–H and O–H groups in total. The summed E-state index contributed by atoms with van der Waals surface area (Å²) in [5.41, 5.74) is -0.380. The van der Waals surface area contributed by atoms with Gasteiger partial charge in [-0.15, -0.1) is 0 Å². The minimum Gasteiger partial charge on any atom is -0.392 e. The molecule has 1 aromatic rings. The first-order valence-corrected chi connectivity index (χ1v) is 5.18. The lowest BCUT2D eigenvalue weighted by Crippen LogP contribution is -2.45. The first-order chi connectivity index (χ1) is 8.93. The fourth-order valence-electron chi connectivity index (χ4n) is 1.65. The van der Waals surface area contributed by atoms with Gasteiger partial charge >= 0.3 is 12.4 Å². The Kier molecular flexibility index (Phi) is 4.62. The average molecular weight is 308 g/mol. The molecule has 0 aliphatic heterocycles. The van der Waals surface area contributed by atoms with E-state index in [2.05, 4.69) is 0 Å². The Morgan fingerprint density at radius 3 is 1.80 bits per heavy atom. The van der Waals surface area contributed by atoms with E-state index < -0.39 is 42.4 Å². The zero-order valence-electron chi connectivity index (χ0n) is 9.56. The quantitative estimate of drug-likeness (QED) is 0.846. The van der Waals surface area contributed by atoms with E-state index in [-0.39, 0.29) is 5.56 Å². The monoisotopic (exact) mass is 308 g/mol. The van der Waals surface area contributed by atoms with Crippen molar-refractivity contribution in [3.05, 3.63) is 35.4 Å². The molecule has 1 unspecified atom stereocenters. The molecular weight excluding hydrogens is 300 g/mol. The normalized spacial score (nSPS) is 14.7. The summed E-state index contributed by atoms with van der Waals surface area (Å²) in [6.07, 6.45) is -15.4. The molecule has 114 valence electrons. The summed E-state index contributed by atoms with van der Waals surface area (Å²) in [5, 5.41) is 9.14. The Morgan fingerprint density at radius 1 is 0.900 bits per heavy atom. The van der Waals surface area contributed by atoms with Crippen LogP contribution in [0.3, 0.4) is 0 Å². The second kappa shape index (κ2) is 5.55. The molecule has 0 amide bonds. The third-order valence-corrected chi connectivity index (χ3v) is 2.52. The van der Waals surface area contributed by atoms with Gasteiger partial charge in [0.1, 0.15) is 0 Å². The molecule has 1 aromatic carbocycles. The van der Waals surface area contributed by atoms with E-state index in [1.54, 1.807) is 0 Å². The molecule has 1 atom stereocenters. The van der Waals surface area contributed by atoms with Crippen LogP contribution in [0.25, 0.3) is 0 Å². The highest BCUT2D eigenvalue weighted by Gasteiger charge is 2.59. The second-order valence-electron chi connectivity index (χ2n) is 4.08. The maximum absolute atomic E-state index is 12.8. The van der Waals surface area contributed by atoms with Gasteiger partial charge in [0, 0.05) is 0 Å². The Bertz CT molecular complexity index is 450. The zero-order chi connectivity index (χ0) is 15.7. The van der Waals surface area contributed by atoms with Crippen LogP contribution in [0.4, 0.5) is 35.1 Å². The first kappa shape index (κ1) is 16.7. The Hall–Kier alpha value is -1.38. The summed E-state index contributed by atoms with van der Waals surface area (Å²) in [4.78, 5) is 0. The van der Waals surface area contributed by atoms with Crippen LogP contribution in [-0.4, -0.2) is 23.6 Å². The predicted octanol–water partition coefficient (Wildman–Crippen LogP) is 3.61. The van der Waals surface area contributed by atoms with E-state index in [0.29, 0.717) is 12.1 Å². The summed E-state index contributed by atoms with van der Waals surface area (Å²) in [7, 11) is 0. The number of rotatable bonds is 3. The molecular formula is C11H8F8O. The highest BCUT2D eigenvalue weighted by molar-refractivity contribution is 5.18. The van der Waals surface area contributed by atoms with Crippen molar-refractivity contribution in [3.8, 4) is 0 Å². The first-order valence-electron chi connectivity index (χ1n) is 5.18. The number of benzene rings is 1. The van der Waals surface area contributed by atoms with Crippen LogP contribution in [-0.2, 0) is 6.42 Å². The number of halogens is 8. The minimum absolute atomic E-state index is 0.380. The third-order valence-electron chi connectivity index (χ3n) is 2.52. The van der Waals surface area contributed by atoms with Crippen LogP contribution in [0.15, 0.2) is 18.2 Å². The molecule has 0 aliphatic rings. The highest BCUT2D eigenvalue weighted by Crippen LogP contribution is 2.42. The van der Waals surface area contributed by atoms with Crippen LogP contribution < -0.4 is 0 Å². The Morgan fingerprint density at radius 2 is 1.40 bits per heavy atom. The van der Waals surface area contributed by atoms with Gasteiger partial charge < -0.3 is 5.11 Å². The summed E-state index contributed by atoms with van der Waals surface area (Å²) in [6.45, 7) is 0. The van der Waals surface area contributed by atoms with Crippen LogP contribution in [0.1, 0.15) is 5.56 Å². The van der Waals surface area contributed by atoms with Crippen molar-refractivity contribution in [3.63, 3.8) is 0 Å². The maximum atomic E-state index is 12.8. The number of aliphatic hydroxyl groups excluding tert-OH is 1. The second-order valence-corrected chi connectivity index (χ2v) is 4.08. The Labute approximate surface area is 107 Å². The molecule has 0 fully saturated rings. The third kappa shape index (κ3) is 4.06. The number of aliphatic hydroxyl groups is 1. The largest absolute Gasteiger partial charge is 0.403 e. The standard InChI is InChI=1S/C11H8F8O/c12-6-2-1-5(3-7(6)13)4-8(20)9(10(14,15)16)11(17,18)19/h1-3,8-9,20H,4H2. The Balaban J connectivity index is 2.97. The lowest BCUT2D eigenvalue weighted by molar-refractivity contribution is -0.305. The highest BCUT2D eigenvalue weighted by atomic mass is 19.4. The lowest BCUT2D eigenvalue weighted by Gasteiger charge is -2.27.